The average molecular weight is 301 g/mol. The zero-order chi connectivity index (χ0) is 16.1. The monoisotopic (exact) mass is 301 g/mol. The highest BCUT2D eigenvalue weighted by atomic mass is 16.2. The van der Waals surface area contributed by atoms with E-state index in [2.05, 4.69) is 36.3 Å². The van der Waals surface area contributed by atoms with Gasteiger partial charge < -0.3 is 4.98 Å². The summed E-state index contributed by atoms with van der Waals surface area (Å²) in [4.78, 5) is 26.2. The Labute approximate surface area is 130 Å². The SMILES string of the molecule is CC(=O)c1c[nH]c(C(=O)N/N=C2/C[C@@H]3CC[C@]2(C)C3(C)C)c1. The summed E-state index contributed by atoms with van der Waals surface area (Å²) >= 11 is 0. The van der Waals surface area contributed by atoms with Gasteiger partial charge in [-0.1, -0.05) is 20.8 Å². The number of rotatable bonds is 3. The summed E-state index contributed by atoms with van der Waals surface area (Å²) in [5, 5.41) is 4.42. The molecule has 2 aliphatic carbocycles. The molecule has 5 nitrogen and oxygen atoms in total. The highest BCUT2D eigenvalue weighted by Crippen LogP contribution is 2.63. The number of nitrogens with zero attached hydrogens (tertiary/aromatic N) is 1. The Morgan fingerprint density at radius 3 is 2.59 bits per heavy atom. The van der Waals surface area contributed by atoms with Gasteiger partial charge in [0, 0.05) is 22.9 Å². The largest absolute Gasteiger partial charge is 0.356 e. The molecule has 1 amide bonds. The first-order valence-corrected chi connectivity index (χ1v) is 7.82. The van der Waals surface area contributed by atoms with Crippen LogP contribution in [0, 0.1) is 16.7 Å². The van der Waals surface area contributed by atoms with Crippen LogP contribution in [0.2, 0.25) is 0 Å². The summed E-state index contributed by atoms with van der Waals surface area (Å²) in [5.41, 5.74) is 4.93. The van der Waals surface area contributed by atoms with Gasteiger partial charge in [-0.3, -0.25) is 9.59 Å². The summed E-state index contributed by atoms with van der Waals surface area (Å²) in [6, 6.07) is 1.56. The zero-order valence-corrected chi connectivity index (χ0v) is 13.6. The molecule has 2 aliphatic rings. The first-order chi connectivity index (χ1) is 10.3. The van der Waals surface area contributed by atoms with Crippen molar-refractivity contribution in [2.75, 3.05) is 0 Å². The Morgan fingerprint density at radius 2 is 2.09 bits per heavy atom. The van der Waals surface area contributed by atoms with Crippen molar-refractivity contribution in [3.05, 3.63) is 23.5 Å². The van der Waals surface area contributed by atoms with Gasteiger partial charge in [-0.05, 0) is 43.6 Å². The first kappa shape index (κ1) is 15.0. The minimum atomic E-state index is -0.302. The van der Waals surface area contributed by atoms with Crippen LogP contribution < -0.4 is 5.43 Å². The van der Waals surface area contributed by atoms with Gasteiger partial charge in [0.05, 0.1) is 0 Å². The quantitative estimate of drug-likeness (QED) is 0.665. The zero-order valence-electron chi connectivity index (χ0n) is 13.6. The molecule has 0 spiro atoms. The third-order valence-electron chi connectivity index (χ3n) is 6.14. The molecule has 2 bridgehead atoms. The van der Waals surface area contributed by atoms with Crippen molar-refractivity contribution in [1.82, 2.24) is 10.4 Å². The van der Waals surface area contributed by atoms with Gasteiger partial charge in [-0.15, -0.1) is 0 Å². The number of aromatic amines is 1. The highest BCUT2D eigenvalue weighted by molar-refractivity contribution is 6.00. The molecule has 0 radical (unpaired) electrons. The molecule has 2 N–H and O–H groups in total. The third kappa shape index (κ3) is 2.02. The van der Waals surface area contributed by atoms with Crippen LogP contribution in [0.4, 0.5) is 0 Å². The van der Waals surface area contributed by atoms with Crippen LogP contribution in [-0.2, 0) is 0 Å². The molecule has 22 heavy (non-hydrogen) atoms. The summed E-state index contributed by atoms with van der Waals surface area (Å²) in [6.45, 7) is 8.34. The third-order valence-corrected chi connectivity index (χ3v) is 6.14. The number of ketones is 1. The van der Waals surface area contributed by atoms with E-state index in [1.165, 1.54) is 13.3 Å². The summed E-state index contributed by atoms with van der Waals surface area (Å²) in [7, 11) is 0. The molecular formula is C17H23N3O2. The Balaban J connectivity index is 1.75. The second kappa shape index (κ2) is 4.80. The predicted molar refractivity (Wildman–Crippen MR) is 84.9 cm³/mol. The van der Waals surface area contributed by atoms with E-state index in [1.54, 1.807) is 12.3 Å². The van der Waals surface area contributed by atoms with Crippen LogP contribution >= 0.6 is 0 Å². The Morgan fingerprint density at radius 1 is 1.36 bits per heavy atom. The van der Waals surface area contributed by atoms with Gasteiger partial charge in [0.2, 0.25) is 0 Å². The molecule has 5 heteroatoms. The van der Waals surface area contributed by atoms with Crippen molar-refractivity contribution in [2.24, 2.45) is 21.8 Å². The van der Waals surface area contributed by atoms with Gasteiger partial charge in [0.15, 0.2) is 5.78 Å². The van der Waals surface area contributed by atoms with Crippen LogP contribution in [-0.4, -0.2) is 22.4 Å². The normalized spacial score (nSPS) is 30.7. The number of hydrogen-bond acceptors (Lipinski definition) is 3. The fraction of sp³-hybridized carbons (Fsp3) is 0.588. The molecule has 2 fully saturated rings. The van der Waals surface area contributed by atoms with Crippen molar-refractivity contribution < 1.29 is 9.59 Å². The van der Waals surface area contributed by atoms with E-state index < -0.39 is 0 Å². The van der Waals surface area contributed by atoms with E-state index in [0.717, 1.165) is 18.6 Å². The van der Waals surface area contributed by atoms with E-state index in [1.807, 2.05) is 0 Å². The van der Waals surface area contributed by atoms with Crippen LogP contribution in [0.5, 0.6) is 0 Å². The molecule has 0 aromatic carbocycles. The maximum absolute atomic E-state index is 12.1. The Hall–Kier alpha value is -1.91. The van der Waals surface area contributed by atoms with Crippen molar-refractivity contribution in [3.8, 4) is 0 Å². The number of nitrogens with one attached hydrogen (secondary N) is 2. The minimum absolute atomic E-state index is 0.0658. The van der Waals surface area contributed by atoms with E-state index in [4.69, 9.17) is 0 Å². The molecule has 0 saturated heterocycles. The molecular weight excluding hydrogens is 278 g/mol. The molecule has 1 aromatic rings. The van der Waals surface area contributed by atoms with Crippen molar-refractivity contribution in [2.45, 2.75) is 47.0 Å². The number of hydrazone groups is 1. The molecule has 2 saturated carbocycles. The van der Waals surface area contributed by atoms with Gasteiger partial charge in [0.1, 0.15) is 5.69 Å². The molecule has 0 unspecified atom stereocenters. The Kier molecular flexibility index (Phi) is 3.27. The lowest BCUT2D eigenvalue weighted by atomic mass is 9.70. The summed E-state index contributed by atoms with van der Waals surface area (Å²) in [6.07, 6.45) is 4.89. The fourth-order valence-corrected chi connectivity index (χ4v) is 4.00. The number of hydrogen-bond donors (Lipinski definition) is 2. The first-order valence-electron chi connectivity index (χ1n) is 7.82. The van der Waals surface area contributed by atoms with Crippen LogP contribution in [0.25, 0.3) is 0 Å². The van der Waals surface area contributed by atoms with Gasteiger partial charge in [-0.25, -0.2) is 5.43 Å². The molecule has 0 aliphatic heterocycles. The number of fused-ring (bicyclic) bond motifs is 2. The second-order valence-corrected chi connectivity index (χ2v) is 7.35. The van der Waals surface area contributed by atoms with Gasteiger partial charge in [-0.2, -0.15) is 5.10 Å². The number of aromatic nitrogens is 1. The predicted octanol–water partition coefficient (Wildman–Crippen LogP) is 3.15. The lowest BCUT2D eigenvalue weighted by molar-refractivity contribution is 0.0949. The minimum Gasteiger partial charge on any atom is -0.356 e. The van der Waals surface area contributed by atoms with Crippen molar-refractivity contribution >= 4 is 17.4 Å². The molecule has 118 valence electrons. The molecule has 2 atom stereocenters. The van der Waals surface area contributed by atoms with E-state index in [9.17, 15) is 9.59 Å². The van der Waals surface area contributed by atoms with Crippen LogP contribution in [0.15, 0.2) is 17.4 Å². The maximum atomic E-state index is 12.1. The van der Waals surface area contributed by atoms with E-state index in [0.29, 0.717) is 17.2 Å². The van der Waals surface area contributed by atoms with Gasteiger partial charge >= 0.3 is 0 Å². The lowest BCUT2D eigenvalue weighted by Crippen LogP contribution is -2.34. The maximum Gasteiger partial charge on any atom is 0.287 e. The second-order valence-electron chi connectivity index (χ2n) is 7.35. The van der Waals surface area contributed by atoms with E-state index in [-0.39, 0.29) is 22.5 Å². The smallest absolute Gasteiger partial charge is 0.287 e. The van der Waals surface area contributed by atoms with Gasteiger partial charge in [0.25, 0.3) is 5.91 Å². The van der Waals surface area contributed by atoms with Crippen molar-refractivity contribution in [3.63, 3.8) is 0 Å². The highest BCUT2D eigenvalue weighted by Gasteiger charge is 2.60. The average Bonchev–Trinajstić information content (AvgIpc) is 3.07. The number of H-pyrrole nitrogens is 1. The fourth-order valence-electron chi connectivity index (χ4n) is 4.00. The molecule has 1 heterocycles. The standard InChI is InChI=1S/C17H23N3O2/c1-10(21)11-7-13(18-9-11)15(22)20-19-14-8-12-5-6-17(14,4)16(12,2)3/h7,9,12,18H,5-6,8H2,1-4H3,(H,20,22)/b19-14-/t12-,17-/m0/s1. The number of Topliss-reactive ketones (excluding diaryl/α,β-unsaturated/α-hetero) is 1. The van der Waals surface area contributed by atoms with Crippen molar-refractivity contribution in [1.29, 1.82) is 0 Å². The van der Waals surface area contributed by atoms with Crippen LogP contribution in [0.3, 0.4) is 0 Å². The number of amides is 1. The van der Waals surface area contributed by atoms with Crippen LogP contribution in [0.1, 0.15) is 67.8 Å². The summed E-state index contributed by atoms with van der Waals surface area (Å²) in [5.74, 6) is 0.288. The summed E-state index contributed by atoms with van der Waals surface area (Å²) < 4.78 is 0. The van der Waals surface area contributed by atoms with E-state index >= 15 is 0 Å². The lowest BCUT2D eigenvalue weighted by Gasteiger charge is -2.34. The molecule has 3 rings (SSSR count). The molecule has 1 aromatic heterocycles. The number of carbonyl (C=O) groups excluding carboxylic acids is 2. The topological polar surface area (TPSA) is 74.3 Å². The number of carbonyl (C=O) groups is 2. The Bertz CT molecular complexity index is 671.